The molecule has 1 saturated heterocycles. The Kier molecular flexibility index (Phi) is 6.83. The summed E-state index contributed by atoms with van der Waals surface area (Å²) in [6.45, 7) is 0.611. The van der Waals surface area contributed by atoms with Crippen LogP contribution in [0.4, 0.5) is 0 Å². The predicted molar refractivity (Wildman–Crippen MR) is 104 cm³/mol. The Hall–Kier alpha value is -2.65. The number of imide groups is 1. The van der Waals surface area contributed by atoms with Crippen LogP contribution in [0, 0.1) is 11.8 Å². The predicted octanol–water partition coefficient (Wildman–Crippen LogP) is 2.13. The number of hydrogen-bond donors (Lipinski definition) is 2. The molecular weight excluding hydrogens is 356 g/mol. The number of carbonyl (C=O) groups excluding carboxylic acids is 3. The molecule has 3 amide bonds. The van der Waals surface area contributed by atoms with Crippen LogP contribution in [-0.2, 0) is 16.1 Å². The van der Waals surface area contributed by atoms with Gasteiger partial charge in [-0.25, -0.2) is 0 Å². The summed E-state index contributed by atoms with van der Waals surface area (Å²) < 4.78 is 0. The maximum atomic E-state index is 12.8. The highest BCUT2D eigenvalue weighted by molar-refractivity contribution is 6.05. The molecule has 6 nitrogen and oxygen atoms in total. The first-order chi connectivity index (χ1) is 13.6. The average molecular weight is 382 g/mol. The number of nitrogens with zero attached hydrogens (tertiary/aromatic N) is 1. The van der Waals surface area contributed by atoms with Gasteiger partial charge in [-0.2, -0.15) is 0 Å². The van der Waals surface area contributed by atoms with Crippen LogP contribution in [-0.4, -0.2) is 40.4 Å². The van der Waals surface area contributed by atoms with Gasteiger partial charge in [0, 0.05) is 37.1 Å². The summed E-state index contributed by atoms with van der Waals surface area (Å²) in [5.41, 5.74) is 2.30. The summed E-state index contributed by atoms with van der Waals surface area (Å²) in [4.78, 5) is 37.8. The average Bonchev–Trinajstić information content (AvgIpc) is 3.01. The van der Waals surface area contributed by atoms with Gasteiger partial charge in [0.15, 0.2) is 0 Å². The van der Waals surface area contributed by atoms with Gasteiger partial charge < -0.3 is 10.0 Å². The Morgan fingerprint density at radius 2 is 1.89 bits per heavy atom. The number of amides is 3. The number of aliphatic hydroxyl groups excluding tert-OH is 1. The molecule has 1 atom stereocenters. The van der Waals surface area contributed by atoms with Gasteiger partial charge in [-0.1, -0.05) is 37.2 Å². The molecule has 28 heavy (non-hydrogen) atoms. The molecule has 0 aromatic heterocycles. The van der Waals surface area contributed by atoms with Gasteiger partial charge in [-0.05, 0) is 37.0 Å². The van der Waals surface area contributed by atoms with Crippen molar-refractivity contribution in [3.05, 3.63) is 34.9 Å². The summed E-state index contributed by atoms with van der Waals surface area (Å²) in [5.74, 6) is 5.53. The fraction of sp³-hybridized carbons (Fsp3) is 0.500. The molecule has 148 valence electrons. The minimum absolute atomic E-state index is 0.169. The van der Waals surface area contributed by atoms with Crippen LogP contribution in [0.25, 0.3) is 0 Å². The molecule has 2 heterocycles. The molecule has 3 rings (SSSR count). The second-order valence-corrected chi connectivity index (χ2v) is 7.27. The molecule has 6 heteroatoms. The zero-order chi connectivity index (χ0) is 19.9. The lowest BCUT2D eigenvalue weighted by molar-refractivity contribution is -0.136. The SMILES string of the molecule is O=C1CCC(N2Cc3c(C#CCCCCCCCO)cccc3C2=O)C(=O)N1. The summed E-state index contributed by atoms with van der Waals surface area (Å²) in [5, 5.41) is 11.1. The minimum atomic E-state index is -0.600. The molecule has 1 fully saturated rings. The largest absolute Gasteiger partial charge is 0.396 e. The first-order valence-electron chi connectivity index (χ1n) is 9.98. The topological polar surface area (TPSA) is 86.7 Å². The van der Waals surface area contributed by atoms with Gasteiger partial charge in [0.25, 0.3) is 5.91 Å². The first-order valence-corrected chi connectivity index (χ1v) is 9.98. The molecule has 1 unspecified atom stereocenters. The number of nitrogens with one attached hydrogen (secondary N) is 1. The Morgan fingerprint density at radius 3 is 2.68 bits per heavy atom. The molecule has 0 aliphatic carbocycles. The summed E-state index contributed by atoms with van der Waals surface area (Å²) >= 11 is 0. The van der Waals surface area contributed by atoms with Crippen molar-refractivity contribution in [3.63, 3.8) is 0 Å². The summed E-state index contributed by atoms with van der Waals surface area (Å²) in [6.07, 6.45) is 6.56. The molecule has 1 aromatic rings. The van der Waals surface area contributed by atoms with E-state index in [1.807, 2.05) is 12.1 Å². The van der Waals surface area contributed by atoms with E-state index in [2.05, 4.69) is 17.2 Å². The fourth-order valence-corrected chi connectivity index (χ4v) is 3.72. The molecule has 1 aromatic carbocycles. The van der Waals surface area contributed by atoms with E-state index in [9.17, 15) is 14.4 Å². The third-order valence-corrected chi connectivity index (χ3v) is 5.27. The number of carbonyl (C=O) groups is 3. The van der Waals surface area contributed by atoms with Gasteiger partial charge in [0.1, 0.15) is 6.04 Å². The van der Waals surface area contributed by atoms with Crippen LogP contribution in [0.5, 0.6) is 0 Å². The van der Waals surface area contributed by atoms with Crippen molar-refractivity contribution in [1.82, 2.24) is 10.2 Å². The number of unbranched alkanes of at least 4 members (excludes halogenated alkanes) is 5. The molecule has 0 radical (unpaired) electrons. The summed E-state index contributed by atoms with van der Waals surface area (Å²) in [7, 11) is 0. The molecule has 0 bridgehead atoms. The van der Waals surface area contributed by atoms with Crippen molar-refractivity contribution in [3.8, 4) is 11.8 Å². The van der Waals surface area contributed by atoms with Gasteiger partial charge in [-0.15, -0.1) is 0 Å². The van der Waals surface area contributed by atoms with Crippen molar-refractivity contribution in [2.75, 3.05) is 6.61 Å². The highest BCUT2D eigenvalue weighted by Gasteiger charge is 2.39. The zero-order valence-electron chi connectivity index (χ0n) is 16.0. The van der Waals surface area contributed by atoms with Crippen LogP contribution in [0.3, 0.4) is 0 Å². The number of hydrogen-bond acceptors (Lipinski definition) is 4. The lowest BCUT2D eigenvalue weighted by Gasteiger charge is -2.29. The lowest BCUT2D eigenvalue weighted by Crippen LogP contribution is -2.52. The molecular formula is C22H26N2O4. The van der Waals surface area contributed by atoms with Crippen molar-refractivity contribution in [1.29, 1.82) is 0 Å². The van der Waals surface area contributed by atoms with E-state index in [0.29, 0.717) is 18.5 Å². The summed E-state index contributed by atoms with van der Waals surface area (Å²) in [6, 6.07) is 4.91. The number of piperidine rings is 1. The highest BCUT2D eigenvalue weighted by Crippen LogP contribution is 2.29. The van der Waals surface area contributed by atoms with E-state index in [4.69, 9.17) is 5.11 Å². The smallest absolute Gasteiger partial charge is 0.255 e. The Bertz CT molecular complexity index is 822. The second kappa shape index (κ2) is 9.52. The van der Waals surface area contributed by atoms with E-state index in [1.54, 1.807) is 11.0 Å². The van der Waals surface area contributed by atoms with E-state index in [1.165, 1.54) is 0 Å². The molecule has 2 aliphatic heterocycles. The Morgan fingerprint density at radius 1 is 1.11 bits per heavy atom. The Labute approximate surface area is 165 Å². The normalized spacial score (nSPS) is 18.5. The lowest BCUT2D eigenvalue weighted by atomic mass is 10.0. The quantitative estimate of drug-likeness (QED) is 0.430. The van der Waals surface area contributed by atoms with Crippen LogP contribution >= 0.6 is 0 Å². The second-order valence-electron chi connectivity index (χ2n) is 7.27. The third kappa shape index (κ3) is 4.60. The number of benzene rings is 1. The third-order valence-electron chi connectivity index (χ3n) is 5.27. The number of rotatable bonds is 7. The molecule has 0 spiro atoms. The fourth-order valence-electron chi connectivity index (χ4n) is 3.72. The highest BCUT2D eigenvalue weighted by atomic mass is 16.3. The van der Waals surface area contributed by atoms with Gasteiger partial charge >= 0.3 is 0 Å². The van der Waals surface area contributed by atoms with Gasteiger partial charge in [0.2, 0.25) is 11.8 Å². The van der Waals surface area contributed by atoms with Crippen LogP contribution < -0.4 is 5.32 Å². The maximum absolute atomic E-state index is 12.8. The van der Waals surface area contributed by atoms with Gasteiger partial charge in [-0.3, -0.25) is 19.7 Å². The van der Waals surface area contributed by atoms with Crippen molar-refractivity contribution < 1.29 is 19.5 Å². The van der Waals surface area contributed by atoms with Crippen LogP contribution in [0.15, 0.2) is 18.2 Å². The molecule has 2 N–H and O–H groups in total. The standard InChI is InChI=1S/C22H26N2O4/c25-14-7-5-3-1-2-4-6-9-16-10-8-11-17-18(16)15-24(22(17)28)19-12-13-20(26)23-21(19)27/h8,10-11,19,25H,1-5,7,12-15H2,(H,23,26,27). The minimum Gasteiger partial charge on any atom is -0.396 e. The number of fused-ring (bicyclic) bond motifs is 1. The van der Waals surface area contributed by atoms with Crippen molar-refractivity contribution >= 4 is 17.7 Å². The van der Waals surface area contributed by atoms with Crippen LogP contribution in [0.1, 0.15) is 72.9 Å². The van der Waals surface area contributed by atoms with E-state index in [0.717, 1.165) is 49.7 Å². The monoisotopic (exact) mass is 382 g/mol. The molecule has 0 saturated carbocycles. The maximum Gasteiger partial charge on any atom is 0.255 e. The number of aliphatic hydroxyl groups is 1. The van der Waals surface area contributed by atoms with Gasteiger partial charge in [0.05, 0.1) is 0 Å². The van der Waals surface area contributed by atoms with E-state index < -0.39 is 11.9 Å². The zero-order valence-corrected chi connectivity index (χ0v) is 16.0. The van der Waals surface area contributed by atoms with E-state index >= 15 is 0 Å². The van der Waals surface area contributed by atoms with E-state index in [-0.39, 0.29) is 24.8 Å². The Balaban J connectivity index is 1.62. The van der Waals surface area contributed by atoms with Crippen LogP contribution in [0.2, 0.25) is 0 Å². The van der Waals surface area contributed by atoms with Crippen molar-refractivity contribution in [2.45, 2.75) is 64.0 Å². The first kappa shape index (κ1) is 20.1. The van der Waals surface area contributed by atoms with Crippen molar-refractivity contribution in [2.24, 2.45) is 0 Å². The molecule has 2 aliphatic rings.